The number of rotatable bonds is 4. The molecule has 0 spiro atoms. The number of aliphatic carboxylic acids is 1. The van der Waals surface area contributed by atoms with Crippen LogP contribution in [0.2, 0.25) is 0 Å². The van der Waals surface area contributed by atoms with Crippen LogP contribution >= 0.6 is 0 Å². The number of aliphatic hydroxyl groups is 1. The lowest BCUT2D eigenvalue weighted by atomic mass is 10.1. The summed E-state index contributed by atoms with van der Waals surface area (Å²) >= 11 is 0. The molecule has 0 aromatic carbocycles. The molecule has 3 nitrogen and oxygen atoms in total. The van der Waals surface area contributed by atoms with E-state index in [0.29, 0.717) is 0 Å². The van der Waals surface area contributed by atoms with Crippen LogP contribution in [0, 0.1) is 12.3 Å². The first-order valence-electron chi connectivity index (χ1n) is 4.38. The molecule has 0 fully saturated rings. The lowest BCUT2D eigenvalue weighted by Gasteiger charge is -1.99. The molecule has 0 aromatic rings. The van der Waals surface area contributed by atoms with Crippen LogP contribution in [0.4, 0.5) is 0 Å². The fourth-order valence-electron chi connectivity index (χ4n) is 0.671. The first kappa shape index (κ1) is 14.5. The van der Waals surface area contributed by atoms with Crippen LogP contribution in [0.3, 0.4) is 0 Å². The Labute approximate surface area is 79.8 Å². The number of carboxylic acids is 1. The molecule has 0 amide bonds. The van der Waals surface area contributed by atoms with Gasteiger partial charge in [-0.1, -0.05) is 25.7 Å². The van der Waals surface area contributed by atoms with Crippen LogP contribution in [0.25, 0.3) is 0 Å². The lowest BCUT2D eigenvalue weighted by molar-refractivity contribution is -0.134. The SMILES string of the molecule is C#C[C@H](O)CCCCC.CC(=O)O. The summed E-state index contributed by atoms with van der Waals surface area (Å²) in [6, 6.07) is 0. The molecule has 0 aliphatic heterocycles. The number of carboxylic acid groups (broad SMARTS) is 1. The van der Waals surface area contributed by atoms with Gasteiger partial charge in [0.2, 0.25) is 0 Å². The van der Waals surface area contributed by atoms with Crippen LogP contribution in [-0.4, -0.2) is 22.3 Å². The van der Waals surface area contributed by atoms with Gasteiger partial charge in [0.15, 0.2) is 0 Å². The maximum absolute atomic E-state index is 9.00. The molecule has 0 saturated carbocycles. The zero-order valence-electron chi connectivity index (χ0n) is 8.29. The van der Waals surface area contributed by atoms with Crippen molar-refractivity contribution in [2.75, 3.05) is 0 Å². The van der Waals surface area contributed by atoms with Crippen LogP contribution < -0.4 is 0 Å². The molecule has 0 aliphatic rings. The van der Waals surface area contributed by atoms with E-state index in [2.05, 4.69) is 12.8 Å². The third-order valence-corrected chi connectivity index (χ3v) is 1.27. The minimum atomic E-state index is -0.833. The van der Waals surface area contributed by atoms with Crippen molar-refractivity contribution in [3.63, 3.8) is 0 Å². The summed E-state index contributed by atoms with van der Waals surface area (Å²) in [5, 5.41) is 16.3. The average molecular weight is 186 g/mol. The van der Waals surface area contributed by atoms with E-state index in [1.807, 2.05) is 0 Å². The Morgan fingerprint density at radius 3 is 2.31 bits per heavy atom. The van der Waals surface area contributed by atoms with E-state index in [0.717, 1.165) is 19.8 Å². The van der Waals surface area contributed by atoms with E-state index in [1.54, 1.807) is 0 Å². The second-order valence-electron chi connectivity index (χ2n) is 2.70. The molecule has 0 unspecified atom stereocenters. The number of hydrogen-bond donors (Lipinski definition) is 2. The molecule has 13 heavy (non-hydrogen) atoms. The Kier molecular flexibility index (Phi) is 12.3. The first-order valence-corrected chi connectivity index (χ1v) is 4.38. The maximum Gasteiger partial charge on any atom is 0.300 e. The highest BCUT2D eigenvalue weighted by Gasteiger charge is 1.95. The van der Waals surface area contributed by atoms with Gasteiger partial charge in [0.1, 0.15) is 6.10 Å². The van der Waals surface area contributed by atoms with Crippen LogP contribution in [0.1, 0.15) is 39.5 Å². The van der Waals surface area contributed by atoms with Crippen molar-refractivity contribution in [3.8, 4) is 12.3 Å². The fraction of sp³-hybridized carbons (Fsp3) is 0.700. The lowest BCUT2D eigenvalue weighted by Crippen LogP contribution is -2.00. The van der Waals surface area contributed by atoms with Crippen LogP contribution in [-0.2, 0) is 4.79 Å². The van der Waals surface area contributed by atoms with Crippen molar-refractivity contribution in [1.29, 1.82) is 0 Å². The summed E-state index contributed by atoms with van der Waals surface area (Å²) in [5.41, 5.74) is 0. The van der Waals surface area contributed by atoms with Crippen molar-refractivity contribution in [2.24, 2.45) is 0 Å². The molecule has 0 radical (unpaired) electrons. The van der Waals surface area contributed by atoms with Gasteiger partial charge in [0.05, 0.1) is 0 Å². The van der Waals surface area contributed by atoms with E-state index < -0.39 is 12.1 Å². The second-order valence-corrected chi connectivity index (χ2v) is 2.70. The van der Waals surface area contributed by atoms with Crippen molar-refractivity contribution < 1.29 is 15.0 Å². The highest BCUT2D eigenvalue weighted by atomic mass is 16.4. The van der Waals surface area contributed by atoms with E-state index >= 15 is 0 Å². The molecule has 0 rings (SSSR count). The molecule has 0 aliphatic carbocycles. The van der Waals surface area contributed by atoms with Crippen LogP contribution in [0.5, 0.6) is 0 Å². The molecule has 0 heterocycles. The summed E-state index contributed by atoms with van der Waals surface area (Å²) in [6.45, 7) is 3.21. The summed E-state index contributed by atoms with van der Waals surface area (Å²) in [4.78, 5) is 9.00. The molecular weight excluding hydrogens is 168 g/mol. The predicted octanol–water partition coefficient (Wildman–Crippen LogP) is 1.65. The van der Waals surface area contributed by atoms with E-state index in [9.17, 15) is 0 Å². The van der Waals surface area contributed by atoms with Gasteiger partial charge in [0.25, 0.3) is 5.97 Å². The molecule has 0 aromatic heterocycles. The molecule has 3 heteroatoms. The zero-order valence-corrected chi connectivity index (χ0v) is 8.29. The topological polar surface area (TPSA) is 57.5 Å². The number of unbranched alkanes of at least 4 members (excludes halogenated alkanes) is 2. The van der Waals surface area contributed by atoms with Gasteiger partial charge < -0.3 is 10.2 Å². The zero-order chi connectivity index (χ0) is 10.7. The van der Waals surface area contributed by atoms with Gasteiger partial charge in [0, 0.05) is 6.92 Å². The Hall–Kier alpha value is -1.01. The number of terminal acetylenes is 1. The maximum atomic E-state index is 9.00. The molecule has 1 atom stereocenters. The van der Waals surface area contributed by atoms with Crippen molar-refractivity contribution in [2.45, 2.75) is 45.6 Å². The Morgan fingerprint density at radius 2 is 2.00 bits per heavy atom. The standard InChI is InChI=1S/C8H14O.C2H4O2/c1-3-5-6-7-8(9)4-2;1-2(3)4/h2,8-9H,3,5-7H2,1H3;1H3,(H,3,4)/t8-;/m0./s1. The third kappa shape index (κ3) is 24.8. The van der Waals surface area contributed by atoms with Crippen LogP contribution in [0.15, 0.2) is 0 Å². The summed E-state index contributed by atoms with van der Waals surface area (Å²) < 4.78 is 0. The molecule has 0 bridgehead atoms. The Morgan fingerprint density at radius 1 is 1.54 bits per heavy atom. The van der Waals surface area contributed by atoms with Crippen molar-refractivity contribution in [1.82, 2.24) is 0 Å². The summed E-state index contributed by atoms with van der Waals surface area (Å²) in [6.07, 6.45) is 8.58. The van der Waals surface area contributed by atoms with Gasteiger partial charge in [-0.15, -0.1) is 6.42 Å². The van der Waals surface area contributed by atoms with Gasteiger partial charge in [-0.3, -0.25) is 4.79 Å². The summed E-state index contributed by atoms with van der Waals surface area (Å²) in [5.74, 6) is 1.45. The fourth-order valence-corrected chi connectivity index (χ4v) is 0.671. The van der Waals surface area contributed by atoms with Gasteiger partial charge >= 0.3 is 0 Å². The molecule has 2 N–H and O–H groups in total. The first-order chi connectivity index (χ1) is 6.04. The van der Waals surface area contributed by atoms with Crippen molar-refractivity contribution in [3.05, 3.63) is 0 Å². The largest absolute Gasteiger partial charge is 0.481 e. The number of carbonyl (C=O) groups is 1. The Bertz CT molecular complexity index is 154. The smallest absolute Gasteiger partial charge is 0.300 e. The monoisotopic (exact) mass is 186 g/mol. The molecule has 0 saturated heterocycles. The minimum Gasteiger partial charge on any atom is -0.481 e. The van der Waals surface area contributed by atoms with Crippen molar-refractivity contribution >= 4 is 5.97 Å². The molecule has 76 valence electrons. The minimum absolute atomic E-state index is 0.517. The number of aliphatic hydroxyl groups excluding tert-OH is 1. The Balaban J connectivity index is 0. The summed E-state index contributed by atoms with van der Waals surface area (Å²) in [7, 11) is 0. The highest BCUT2D eigenvalue weighted by molar-refractivity contribution is 5.62. The number of hydrogen-bond acceptors (Lipinski definition) is 2. The van der Waals surface area contributed by atoms with Gasteiger partial charge in [-0.25, -0.2) is 0 Å². The second kappa shape index (κ2) is 11.0. The van der Waals surface area contributed by atoms with E-state index in [4.69, 9.17) is 21.4 Å². The van der Waals surface area contributed by atoms with E-state index in [1.165, 1.54) is 12.8 Å². The van der Waals surface area contributed by atoms with Gasteiger partial charge in [-0.2, -0.15) is 0 Å². The normalized spacial score (nSPS) is 10.6. The van der Waals surface area contributed by atoms with E-state index in [-0.39, 0.29) is 0 Å². The quantitative estimate of drug-likeness (QED) is 0.518. The predicted molar refractivity (Wildman–Crippen MR) is 52.3 cm³/mol. The third-order valence-electron chi connectivity index (χ3n) is 1.27. The molecular formula is C10H18O3. The average Bonchev–Trinajstić information content (AvgIpc) is 2.03. The highest BCUT2D eigenvalue weighted by Crippen LogP contribution is 2.01. The van der Waals surface area contributed by atoms with Gasteiger partial charge in [-0.05, 0) is 12.8 Å².